The van der Waals surface area contributed by atoms with Crippen molar-refractivity contribution in [3.8, 4) is 0 Å². The van der Waals surface area contributed by atoms with Crippen molar-refractivity contribution in [2.24, 2.45) is 5.92 Å². The molecular formula is C20H27N3O4. The highest BCUT2D eigenvalue weighted by atomic mass is 16.5. The summed E-state index contributed by atoms with van der Waals surface area (Å²) in [5.41, 5.74) is 1.99. The van der Waals surface area contributed by atoms with Gasteiger partial charge in [-0.1, -0.05) is 32.0 Å². The zero-order valence-corrected chi connectivity index (χ0v) is 15.9. The van der Waals surface area contributed by atoms with E-state index in [1.807, 2.05) is 44.3 Å². The van der Waals surface area contributed by atoms with Crippen LogP contribution in [0.2, 0.25) is 0 Å². The topological polar surface area (TPSA) is 83.7 Å². The molecule has 1 saturated heterocycles. The first-order valence-electron chi connectivity index (χ1n) is 9.39. The van der Waals surface area contributed by atoms with E-state index in [4.69, 9.17) is 9.47 Å². The van der Waals surface area contributed by atoms with E-state index in [1.54, 1.807) is 4.90 Å². The van der Waals surface area contributed by atoms with Crippen LogP contribution in [-0.4, -0.2) is 60.8 Å². The van der Waals surface area contributed by atoms with Crippen molar-refractivity contribution in [2.45, 2.75) is 26.3 Å². The summed E-state index contributed by atoms with van der Waals surface area (Å²) in [6, 6.07) is 7.24. The second-order valence-corrected chi connectivity index (χ2v) is 7.19. The average Bonchev–Trinajstić information content (AvgIpc) is 3.09. The maximum absolute atomic E-state index is 13.0. The van der Waals surface area contributed by atoms with Gasteiger partial charge in [-0.25, -0.2) is 4.79 Å². The minimum atomic E-state index is -0.679. The van der Waals surface area contributed by atoms with Crippen LogP contribution >= 0.6 is 0 Å². The highest BCUT2D eigenvalue weighted by molar-refractivity contribution is 5.88. The summed E-state index contributed by atoms with van der Waals surface area (Å²) in [7, 11) is 0. The number of alkyl carbamates (subject to hydrolysis) is 1. The molecule has 1 aliphatic rings. The van der Waals surface area contributed by atoms with Crippen molar-refractivity contribution in [3.05, 3.63) is 36.0 Å². The molecule has 146 valence electrons. The van der Waals surface area contributed by atoms with Crippen molar-refractivity contribution in [2.75, 3.05) is 32.9 Å². The summed E-state index contributed by atoms with van der Waals surface area (Å²) in [6.45, 7) is 6.35. The number of fused-ring (bicyclic) bond motifs is 1. The number of rotatable bonds is 6. The summed E-state index contributed by atoms with van der Waals surface area (Å²) in [4.78, 5) is 30.2. The fraction of sp³-hybridized carbons (Fsp3) is 0.500. The monoisotopic (exact) mass is 373 g/mol. The fourth-order valence-electron chi connectivity index (χ4n) is 3.15. The molecule has 1 aromatic carbocycles. The number of carbonyl (C=O) groups is 2. The number of amides is 2. The summed E-state index contributed by atoms with van der Waals surface area (Å²) in [6.07, 6.45) is 1.73. The number of nitrogens with zero attached hydrogens (tertiary/aromatic N) is 1. The van der Waals surface area contributed by atoms with E-state index in [0.29, 0.717) is 39.3 Å². The number of H-pyrrole nitrogens is 1. The first-order chi connectivity index (χ1) is 13.0. The molecule has 1 atom stereocenters. The van der Waals surface area contributed by atoms with Crippen LogP contribution in [0.15, 0.2) is 30.5 Å². The minimum Gasteiger partial charge on any atom is -0.449 e. The van der Waals surface area contributed by atoms with Crippen molar-refractivity contribution in [3.63, 3.8) is 0 Å². The first-order valence-corrected chi connectivity index (χ1v) is 9.39. The van der Waals surface area contributed by atoms with Gasteiger partial charge in [0.15, 0.2) is 0 Å². The standard InChI is InChI=1S/C20H27N3O4/c1-14(2)13-27-20(25)22-18(19(24)23-7-9-26-10-8-23)11-15-12-21-17-6-4-3-5-16(15)17/h3-6,12,14,18,21H,7-11,13H2,1-2H3,(H,22,25). The van der Waals surface area contributed by atoms with Crippen LogP contribution < -0.4 is 5.32 Å². The third-order valence-corrected chi connectivity index (χ3v) is 4.56. The van der Waals surface area contributed by atoms with Crippen LogP contribution in [0.3, 0.4) is 0 Å². The van der Waals surface area contributed by atoms with Gasteiger partial charge in [0.2, 0.25) is 5.91 Å². The molecule has 0 radical (unpaired) electrons. The Morgan fingerprint density at radius 1 is 1.26 bits per heavy atom. The number of hydrogen-bond donors (Lipinski definition) is 2. The number of aromatic nitrogens is 1. The van der Waals surface area contributed by atoms with Crippen LogP contribution in [-0.2, 0) is 20.7 Å². The van der Waals surface area contributed by atoms with Gasteiger partial charge < -0.3 is 24.7 Å². The Morgan fingerprint density at radius 3 is 2.74 bits per heavy atom. The van der Waals surface area contributed by atoms with Crippen LogP contribution in [0.25, 0.3) is 10.9 Å². The number of morpholine rings is 1. The van der Waals surface area contributed by atoms with E-state index < -0.39 is 12.1 Å². The predicted molar refractivity (Wildman–Crippen MR) is 103 cm³/mol. The maximum Gasteiger partial charge on any atom is 0.407 e. The van der Waals surface area contributed by atoms with Crippen molar-refractivity contribution < 1.29 is 19.1 Å². The Kier molecular flexibility index (Phi) is 6.34. The number of carbonyl (C=O) groups excluding carboxylic acids is 2. The number of benzene rings is 1. The van der Waals surface area contributed by atoms with E-state index in [9.17, 15) is 9.59 Å². The lowest BCUT2D eigenvalue weighted by atomic mass is 10.0. The van der Waals surface area contributed by atoms with Crippen molar-refractivity contribution in [1.29, 1.82) is 0 Å². The molecule has 7 nitrogen and oxygen atoms in total. The van der Waals surface area contributed by atoms with Gasteiger partial charge in [0.1, 0.15) is 6.04 Å². The van der Waals surface area contributed by atoms with Gasteiger partial charge >= 0.3 is 6.09 Å². The number of nitrogens with one attached hydrogen (secondary N) is 2. The molecule has 1 unspecified atom stereocenters. The highest BCUT2D eigenvalue weighted by Gasteiger charge is 2.28. The maximum atomic E-state index is 13.0. The molecule has 7 heteroatoms. The number of ether oxygens (including phenoxy) is 2. The normalized spacial score (nSPS) is 15.7. The molecule has 0 aliphatic carbocycles. The van der Waals surface area contributed by atoms with Gasteiger partial charge in [-0.3, -0.25) is 4.79 Å². The predicted octanol–water partition coefficient (Wildman–Crippen LogP) is 2.32. The fourth-order valence-corrected chi connectivity index (χ4v) is 3.15. The number of para-hydroxylation sites is 1. The third-order valence-electron chi connectivity index (χ3n) is 4.56. The lowest BCUT2D eigenvalue weighted by Gasteiger charge is -2.30. The zero-order valence-electron chi connectivity index (χ0n) is 15.9. The second kappa shape index (κ2) is 8.90. The third kappa shape index (κ3) is 5.01. The Hall–Kier alpha value is -2.54. The van der Waals surface area contributed by atoms with E-state index in [-0.39, 0.29) is 11.8 Å². The Balaban J connectivity index is 1.75. The molecule has 1 fully saturated rings. The van der Waals surface area contributed by atoms with Crippen LogP contribution in [0.1, 0.15) is 19.4 Å². The SMILES string of the molecule is CC(C)COC(=O)NC(Cc1c[nH]c2ccccc12)C(=O)N1CCOCC1. The quantitative estimate of drug-likeness (QED) is 0.814. The molecule has 0 spiro atoms. The second-order valence-electron chi connectivity index (χ2n) is 7.19. The van der Waals surface area contributed by atoms with E-state index in [0.717, 1.165) is 16.5 Å². The first kappa shape index (κ1) is 19.2. The number of hydrogen-bond acceptors (Lipinski definition) is 4. The van der Waals surface area contributed by atoms with Gasteiger partial charge in [0.25, 0.3) is 0 Å². The smallest absolute Gasteiger partial charge is 0.407 e. The van der Waals surface area contributed by atoms with Crippen LogP contribution in [0, 0.1) is 5.92 Å². The molecule has 0 bridgehead atoms. The number of aromatic amines is 1. The van der Waals surface area contributed by atoms with Gasteiger partial charge in [-0.2, -0.15) is 0 Å². The molecule has 1 aliphatic heterocycles. The summed E-state index contributed by atoms with van der Waals surface area (Å²) < 4.78 is 10.6. The Morgan fingerprint density at radius 2 is 2.00 bits per heavy atom. The van der Waals surface area contributed by atoms with Crippen LogP contribution in [0.4, 0.5) is 4.79 Å². The van der Waals surface area contributed by atoms with E-state index in [2.05, 4.69) is 10.3 Å². The molecule has 2 heterocycles. The lowest BCUT2D eigenvalue weighted by molar-refractivity contribution is -0.137. The van der Waals surface area contributed by atoms with Crippen molar-refractivity contribution >= 4 is 22.9 Å². The summed E-state index contributed by atoms with van der Waals surface area (Å²) in [5.74, 6) is 0.128. The van der Waals surface area contributed by atoms with Crippen molar-refractivity contribution in [1.82, 2.24) is 15.2 Å². The van der Waals surface area contributed by atoms with Crippen LogP contribution in [0.5, 0.6) is 0 Å². The zero-order chi connectivity index (χ0) is 19.2. The molecule has 0 saturated carbocycles. The highest BCUT2D eigenvalue weighted by Crippen LogP contribution is 2.20. The Labute approximate surface area is 159 Å². The summed E-state index contributed by atoms with van der Waals surface area (Å²) >= 11 is 0. The Bertz CT molecular complexity index is 780. The molecule has 2 amide bonds. The average molecular weight is 373 g/mol. The largest absolute Gasteiger partial charge is 0.449 e. The molecule has 27 heavy (non-hydrogen) atoms. The van der Waals surface area contributed by atoms with E-state index in [1.165, 1.54) is 0 Å². The molecule has 1 aromatic heterocycles. The minimum absolute atomic E-state index is 0.106. The van der Waals surface area contributed by atoms with E-state index >= 15 is 0 Å². The molecule has 3 rings (SSSR count). The molecule has 2 aromatic rings. The molecule has 2 N–H and O–H groups in total. The van der Waals surface area contributed by atoms with Gasteiger partial charge in [-0.05, 0) is 17.5 Å². The van der Waals surface area contributed by atoms with Gasteiger partial charge in [0.05, 0.1) is 19.8 Å². The summed E-state index contributed by atoms with van der Waals surface area (Å²) in [5, 5.41) is 3.82. The van der Waals surface area contributed by atoms with Gasteiger partial charge in [0, 0.05) is 36.6 Å². The molecular weight excluding hydrogens is 346 g/mol. The lowest BCUT2D eigenvalue weighted by Crippen LogP contribution is -2.52. The van der Waals surface area contributed by atoms with Gasteiger partial charge in [-0.15, -0.1) is 0 Å².